The van der Waals surface area contributed by atoms with Crippen molar-refractivity contribution in [3.63, 3.8) is 0 Å². The van der Waals surface area contributed by atoms with E-state index in [1.807, 2.05) is 0 Å². The van der Waals surface area contributed by atoms with Crippen LogP contribution in [0.15, 0.2) is 18.2 Å². The van der Waals surface area contributed by atoms with Crippen LogP contribution < -0.4 is 11.1 Å². The second kappa shape index (κ2) is 5.44. The van der Waals surface area contributed by atoms with Crippen molar-refractivity contribution >= 4 is 5.91 Å². The van der Waals surface area contributed by atoms with Crippen molar-refractivity contribution in [1.29, 1.82) is 0 Å². The lowest BCUT2D eigenvalue weighted by Gasteiger charge is -2.11. The van der Waals surface area contributed by atoms with E-state index < -0.39 is 11.6 Å². The van der Waals surface area contributed by atoms with Crippen LogP contribution in [0.3, 0.4) is 0 Å². The molecule has 18 heavy (non-hydrogen) atoms. The van der Waals surface area contributed by atoms with Crippen LogP contribution in [-0.2, 0) is 11.3 Å². The summed E-state index contributed by atoms with van der Waals surface area (Å²) in [5.74, 6) is -0.821. The van der Waals surface area contributed by atoms with E-state index in [0.29, 0.717) is 5.92 Å². The van der Waals surface area contributed by atoms with Gasteiger partial charge in [0.25, 0.3) is 0 Å². The zero-order chi connectivity index (χ0) is 13.1. The Bertz CT molecular complexity index is 447. The Hall–Kier alpha value is -1.49. The van der Waals surface area contributed by atoms with Crippen LogP contribution in [0.1, 0.15) is 24.8 Å². The van der Waals surface area contributed by atoms with Gasteiger partial charge in [-0.25, -0.2) is 8.78 Å². The first-order valence-electron chi connectivity index (χ1n) is 6.02. The van der Waals surface area contributed by atoms with Crippen LogP contribution in [0.25, 0.3) is 0 Å². The maximum absolute atomic E-state index is 13.3. The molecule has 1 aliphatic rings. The molecule has 2 rings (SSSR count). The lowest BCUT2D eigenvalue weighted by Crippen LogP contribution is -2.32. The summed E-state index contributed by atoms with van der Waals surface area (Å²) in [4.78, 5) is 11.5. The third-order valence-electron chi connectivity index (χ3n) is 3.13. The first kappa shape index (κ1) is 13.0. The molecular weight excluding hydrogens is 238 g/mol. The Morgan fingerprint density at radius 1 is 1.44 bits per heavy atom. The molecular formula is C13H16F2N2O. The summed E-state index contributed by atoms with van der Waals surface area (Å²) < 4.78 is 26.2. The Kier molecular flexibility index (Phi) is 3.91. The summed E-state index contributed by atoms with van der Waals surface area (Å²) in [6, 6.07) is 3.05. The van der Waals surface area contributed by atoms with Gasteiger partial charge in [-0.3, -0.25) is 4.79 Å². The number of nitrogens with two attached hydrogens (primary N) is 1. The maximum atomic E-state index is 13.3. The highest BCUT2D eigenvalue weighted by Crippen LogP contribution is 2.32. The number of rotatable bonds is 5. The monoisotopic (exact) mass is 254 g/mol. The molecule has 1 aliphatic carbocycles. The van der Waals surface area contributed by atoms with Crippen molar-refractivity contribution in [2.24, 2.45) is 11.7 Å². The average molecular weight is 254 g/mol. The van der Waals surface area contributed by atoms with Gasteiger partial charge < -0.3 is 11.1 Å². The van der Waals surface area contributed by atoms with E-state index in [-0.39, 0.29) is 30.5 Å². The Morgan fingerprint density at radius 2 is 2.17 bits per heavy atom. The van der Waals surface area contributed by atoms with Crippen molar-refractivity contribution in [2.45, 2.75) is 31.8 Å². The molecule has 0 heterocycles. The van der Waals surface area contributed by atoms with Gasteiger partial charge in [-0.1, -0.05) is 0 Å². The van der Waals surface area contributed by atoms with Gasteiger partial charge in [0.05, 0.1) is 0 Å². The summed E-state index contributed by atoms with van der Waals surface area (Å²) in [6.07, 6.45) is 2.39. The van der Waals surface area contributed by atoms with Crippen LogP contribution in [0, 0.1) is 17.6 Å². The first-order chi connectivity index (χ1) is 8.56. The van der Waals surface area contributed by atoms with E-state index in [9.17, 15) is 13.6 Å². The lowest BCUT2D eigenvalue weighted by atomic mass is 10.1. The van der Waals surface area contributed by atoms with Gasteiger partial charge in [-0.05, 0) is 37.0 Å². The molecule has 1 aromatic rings. The predicted molar refractivity (Wildman–Crippen MR) is 63.5 cm³/mol. The molecule has 3 N–H and O–H groups in total. The van der Waals surface area contributed by atoms with Crippen LogP contribution in [-0.4, -0.2) is 11.9 Å². The fraction of sp³-hybridized carbons (Fsp3) is 0.462. The number of amides is 1. The fourth-order valence-corrected chi connectivity index (χ4v) is 1.85. The van der Waals surface area contributed by atoms with Crippen LogP contribution >= 0.6 is 0 Å². The van der Waals surface area contributed by atoms with E-state index >= 15 is 0 Å². The quantitative estimate of drug-likeness (QED) is 0.840. The third kappa shape index (κ3) is 3.50. The standard InChI is InChI=1S/C13H16F2N2O/c14-10-3-4-11(15)9(5-10)7-17-13(18)6-12(16)8-1-2-8/h3-5,8,12H,1-2,6-7,16H2,(H,17,18). The molecule has 0 saturated heterocycles. The van der Waals surface area contributed by atoms with Crippen molar-refractivity contribution < 1.29 is 13.6 Å². The largest absolute Gasteiger partial charge is 0.352 e. The van der Waals surface area contributed by atoms with Gasteiger partial charge in [0.15, 0.2) is 0 Å². The SMILES string of the molecule is NC(CC(=O)NCc1cc(F)ccc1F)C1CC1. The Balaban J connectivity index is 1.82. The van der Waals surface area contributed by atoms with Gasteiger partial charge in [0, 0.05) is 24.6 Å². The van der Waals surface area contributed by atoms with Gasteiger partial charge in [0.2, 0.25) is 5.91 Å². The topological polar surface area (TPSA) is 55.1 Å². The zero-order valence-electron chi connectivity index (χ0n) is 9.96. The van der Waals surface area contributed by atoms with Crippen LogP contribution in [0.5, 0.6) is 0 Å². The number of hydrogen-bond donors (Lipinski definition) is 2. The highest BCUT2D eigenvalue weighted by Gasteiger charge is 2.29. The van der Waals surface area contributed by atoms with Crippen LogP contribution in [0.4, 0.5) is 8.78 Å². The highest BCUT2D eigenvalue weighted by atomic mass is 19.1. The molecule has 0 radical (unpaired) electrons. The molecule has 3 nitrogen and oxygen atoms in total. The van der Waals surface area contributed by atoms with E-state index in [2.05, 4.69) is 5.32 Å². The predicted octanol–water partition coefficient (Wildman–Crippen LogP) is 1.71. The summed E-state index contributed by atoms with van der Waals surface area (Å²) in [7, 11) is 0. The lowest BCUT2D eigenvalue weighted by molar-refractivity contribution is -0.121. The molecule has 1 amide bonds. The number of hydrogen-bond acceptors (Lipinski definition) is 2. The molecule has 98 valence electrons. The summed E-state index contributed by atoms with van der Waals surface area (Å²) in [5.41, 5.74) is 5.95. The molecule has 1 aromatic carbocycles. The molecule has 0 bridgehead atoms. The third-order valence-corrected chi connectivity index (χ3v) is 3.13. The minimum atomic E-state index is -0.525. The van der Waals surface area contributed by atoms with Crippen molar-refractivity contribution in [1.82, 2.24) is 5.32 Å². The average Bonchev–Trinajstić information content (AvgIpc) is 3.14. The van der Waals surface area contributed by atoms with Crippen molar-refractivity contribution in [2.75, 3.05) is 0 Å². The molecule has 1 saturated carbocycles. The summed E-state index contributed by atoms with van der Waals surface area (Å²) in [5, 5.41) is 2.55. The van der Waals surface area contributed by atoms with Gasteiger partial charge in [-0.15, -0.1) is 0 Å². The maximum Gasteiger partial charge on any atom is 0.221 e. The molecule has 5 heteroatoms. The summed E-state index contributed by atoms with van der Waals surface area (Å²) >= 11 is 0. The van der Waals surface area contributed by atoms with Crippen molar-refractivity contribution in [3.8, 4) is 0 Å². The molecule has 0 spiro atoms. The molecule has 1 unspecified atom stereocenters. The smallest absolute Gasteiger partial charge is 0.221 e. The Labute approximate surface area is 104 Å². The van der Waals surface area contributed by atoms with Gasteiger partial charge in [0.1, 0.15) is 11.6 Å². The number of carbonyl (C=O) groups excluding carboxylic acids is 1. The van der Waals surface area contributed by atoms with E-state index in [0.717, 1.165) is 31.0 Å². The normalized spacial score (nSPS) is 16.4. The number of carbonyl (C=O) groups is 1. The fourth-order valence-electron chi connectivity index (χ4n) is 1.85. The first-order valence-corrected chi connectivity index (χ1v) is 6.02. The second-order valence-corrected chi connectivity index (χ2v) is 4.72. The minimum Gasteiger partial charge on any atom is -0.352 e. The summed E-state index contributed by atoms with van der Waals surface area (Å²) in [6.45, 7) is -0.0141. The van der Waals surface area contributed by atoms with Gasteiger partial charge in [-0.2, -0.15) is 0 Å². The number of nitrogens with one attached hydrogen (secondary N) is 1. The molecule has 0 aliphatic heterocycles. The van der Waals surface area contributed by atoms with E-state index in [4.69, 9.17) is 5.73 Å². The van der Waals surface area contributed by atoms with E-state index in [1.165, 1.54) is 0 Å². The number of benzene rings is 1. The molecule has 1 atom stereocenters. The van der Waals surface area contributed by atoms with Crippen molar-refractivity contribution in [3.05, 3.63) is 35.4 Å². The molecule has 1 fully saturated rings. The van der Waals surface area contributed by atoms with Crippen LogP contribution in [0.2, 0.25) is 0 Å². The Morgan fingerprint density at radius 3 is 2.83 bits per heavy atom. The molecule has 0 aromatic heterocycles. The van der Waals surface area contributed by atoms with Gasteiger partial charge >= 0.3 is 0 Å². The second-order valence-electron chi connectivity index (χ2n) is 4.72. The zero-order valence-corrected chi connectivity index (χ0v) is 9.96. The highest BCUT2D eigenvalue weighted by molar-refractivity contribution is 5.76. The minimum absolute atomic E-state index is 0.0141. The van der Waals surface area contributed by atoms with E-state index in [1.54, 1.807) is 0 Å². The number of halogens is 2.